The van der Waals surface area contributed by atoms with E-state index in [4.69, 9.17) is 0 Å². The normalized spacial score (nSPS) is 10.9. The Bertz CT molecular complexity index is 740. The molecule has 0 spiro atoms. The van der Waals surface area contributed by atoms with Crippen LogP contribution in [0, 0.1) is 6.92 Å². The summed E-state index contributed by atoms with van der Waals surface area (Å²) in [6.07, 6.45) is 7.44. The van der Waals surface area contributed by atoms with Crippen molar-refractivity contribution in [2.75, 3.05) is 17.7 Å². The summed E-state index contributed by atoms with van der Waals surface area (Å²) in [6.45, 7) is 2.72. The zero-order valence-corrected chi connectivity index (χ0v) is 11.8. The second-order valence-corrected chi connectivity index (χ2v) is 4.62. The molecule has 0 saturated heterocycles. The summed E-state index contributed by atoms with van der Waals surface area (Å²) >= 11 is 0. The average molecular weight is 271 g/mol. The van der Waals surface area contributed by atoms with Crippen molar-refractivity contribution in [1.82, 2.24) is 24.1 Å². The van der Waals surface area contributed by atoms with Gasteiger partial charge in [0.15, 0.2) is 11.5 Å². The SMILES string of the molecule is CNc1cn2ccnc2c(NCc2cnn(C)c2C)n1. The van der Waals surface area contributed by atoms with E-state index in [0.29, 0.717) is 6.54 Å². The van der Waals surface area contributed by atoms with E-state index in [1.165, 1.54) is 0 Å². The zero-order valence-electron chi connectivity index (χ0n) is 11.8. The van der Waals surface area contributed by atoms with Crippen molar-refractivity contribution in [2.24, 2.45) is 7.05 Å². The van der Waals surface area contributed by atoms with E-state index in [0.717, 1.165) is 28.5 Å². The van der Waals surface area contributed by atoms with Gasteiger partial charge in [-0.3, -0.25) is 4.68 Å². The number of rotatable bonds is 4. The van der Waals surface area contributed by atoms with Gasteiger partial charge in [-0.25, -0.2) is 9.97 Å². The fraction of sp³-hybridized carbons (Fsp3) is 0.308. The van der Waals surface area contributed by atoms with Crippen LogP contribution in [0.25, 0.3) is 5.65 Å². The Kier molecular flexibility index (Phi) is 3.02. The van der Waals surface area contributed by atoms with Gasteiger partial charge < -0.3 is 15.0 Å². The third-order valence-corrected chi connectivity index (χ3v) is 3.41. The van der Waals surface area contributed by atoms with Crippen LogP contribution in [0.15, 0.2) is 24.8 Å². The molecule has 0 saturated carbocycles. The van der Waals surface area contributed by atoms with Gasteiger partial charge in [-0.15, -0.1) is 0 Å². The van der Waals surface area contributed by atoms with E-state index >= 15 is 0 Å². The minimum absolute atomic E-state index is 0.669. The fourth-order valence-electron chi connectivity index (χ4n) is 2.07. The van der Waals surface area contributed by atoms with E-state index in [9.17, 15) is 0 Å². The predicted molar refractivity (Wildman–Crippen MR) is 77.8 cm³/mol. The van der Waals surface area contributed by atoms with Gasteiger partial charge in [0.05, 0.1) is 12.4 Å². The van der Waals surface area contributed by atoms with Crippen molar-refractivity contribution >= 4 is 17.3 Å². The van der Waals surface area contributed by atoms with Crippen LogP contribution in [0.2, 0.25) is 0 Å². The first-order chi connectivity index (χ1) is 9.69. The molecule has 0 aliphatic heterocycles. The van der Waals surface area contributed by atoms with Crippen LogP contribution in [-0.2, 0) is 13.6 Å². The highest BCUT2D eigenvalue weighted by molar-refractivity contribution is 5.65. The Morgan fingerprint density at radius 3 is 2.90 bits per heavy atom. The number of hydrogen-bond donors (Lipinski definition) is 2. The fourth-order valence-corrected chi connectivity index (χ4v) is 2.07. The maximum absolute atomic E-state index is 4.51. The largest absolute Gasteiger partial charge is 0.372 e. The monoisotopic (exact) mass is 271 g/mol. The molecule has 7 nitrogen and oxygen atoms in total. The van der Waals surface area contributed by atoms with Crippen molar-refractivity contribution in [1.29, 1.82) is 0 Å². The molecule has 0 aliphatic carbocycles. The summed E-state index contributed by atoms with van der Waals surface area (Å²) in [6, 6.07) is 0. The van der Waals surface area contributed by atoms with Crippen LogP contribution in [-0.4, -0.2) is 31.2 Å². The molecule has 104 valence electrons. The van der Waals surface area contributed by atoms with Crippen LogP contribution < -0.4 is 10.6 Å². The number of aromatic nitrogens is 5. The average Bonchev–Trinajstić information content (AvgIpc) is 3.05. The second kappa shape index (κ2) is 4.84. The van der Waals surface area contributed by atoms with Gasteiger partial charge in [-0.1, -0.05) is 0 Å². The number of nitrogens with one attached hydrogen (secondary N) is 2. The molecular weight excluding hydrogens is 254 g/mol. The third-order valence-electron chi connectivity index (χ3n) is 3.41. The van der Waals surface area contributed by atoms with Gasteiger partial charge in [-0.2, -0.15) is 5.10 Å². The van der Waals surface area contributed by atoms with Gasteiger partial charge >= 0.3 is 0 Å². The molecule has 3 heterocycles. The summed E-state index contributed by atoms with van der Waals surface area (Å²) in [5.41, 5.74) is 3.10. The summed E-state index contributed by atoms with van der Waals surface area (Å²) in [5.74, 6) is 1.55. The Labute approximate surface area is 116 Å². The van der Waals surface area contributed by atoms with E-state index in [-0.39, 0.29) is 0 Å². The van der Waals surface area contributed by atoms with Crippen molar-refractivity contribution in [2.45, 2.75) is 13.5 Å². The summed E-state index contributed by atoms with van der Waals surface area (Å²) in [5, 5.41) is 10.6. The summed E-state index contributed by atoms with van der Waals surface area (Å²) in [7, 11) is 3.78. The molecule has 0 amide bonds. The topological polar surface area (TPSA) is 72.1 Å². The molecule has 0 aliphatic rings. The van der Waals surface area contributed by atoms with Crippen molar-refractivity contribution in [3.05, 3.63) is 36.0 Å². The third kappa shape index (κ3) is 2.07. The minimum atomic E-state index is 0.669. The standard InChI is InChI=1S/C13H17N7/c1-9-10(7-17-19(9)3)6-16-12-13-15-4-5-20(13)8-11(14-2)18-12/h4-5,7-8,14H,6H2,1-3H3,(H,16,18). The number of anilines is 2. The Hall–Kier alpha value is -2.57. The quantitative estimate of drug-likeness (QED) is 0.751. The zero-order chi connectivity index (χ0) is 14.1. The first-order valence-electron chi connectivity index (χ1n) is 6.42. The van der Waals surface area contributed by atoms with Crippen LogP contribution in [0.4, 0.5) is 11.6 Å². The summed E-state index contributed by atoms with van der Waals surface area (Å²) in [4.78, 5) is 8.83. The number of aryl methyl sites for hydroxylation is 1. The molecule has 0 aromatic carbocycles. The van der Waals surface area contributed by atoms with Crippen LogP contribution in [0.1, 0.15) is 11.3 Å². The lowest BCUT2D eigenvalue weighted by molar-refractivity contribution is 0.738. The number of hydrogen-bond acceptors (Lipinski definition) is 5. The molecule has 0 radical (unpaired) electrons. The Balaban J connectivity index is 1.90. The lowest BCUT2D eigenvalue weighted by Gasteiger charge is -2.09. The molecule has 0 bridgehead atoms. The minimum Gasteiger partial charge on any atom is -0.372 e. The lowest BCUT2D eigenvalue weighted by Crippen LogP contribution is -2.07. The maximum Gasteiger partial charge on any atom is 0.180 e. The van der Waals surface area contributed by atoms with Crippen LogP contribution in [0.5, 0.6) is 0 Å². The highest BCUT2D eigenvalue weighted by atomic mass is 15.3. The molecule has 3 aromatic rings. The molecule has 0 atom stereocenters. The second-order valence-electron chi connectivity index (χ2n) is 4.62. The smallest absolute Gasteiger partial charge is 0.180 e. The molecule has 2 N–H and O–H groups in total. The summed E-state index contributed by atoms with van der Waals surface area (Å²) < 4.78 is 3.80. The highest BCUT2D eigenvalue weighted by Gasteiger charge is 2.08. The van der Waals surface area contributed by atoms with Gasteiger partial charge in [0, 0.05) is 44.3 Å². The van der Waals surface area contributed by atoms with Crippen LogP contribution in [0.3, 0.4) is 0 Å². The molecule has 3 rings (SSSR count). The van der Waals surface area contributed by atoms with Gasteiger partial charge in [0.1, 0.15) is 5.82 Å². The van der Waals surface area contributed by atoms with Crippen LogP contribution >= 0.6 is 0 Å². The number of fused-ring (bicyclic) bond motifs is 1. The highest BCUT2D eigenvalue weighted by Crippen LogP contribution is 2.17. The Morgan fingerprint density at radius 2 is 2.20 bits per heavy atom. The van der Waals surface area contributed by atoms with Crippen molar-refractivity contribution in [3.63, 3.8) is 0 Å². The van der Waals surface area contributed by atoms with Crippen molar-refractivity contribution < 1.29 is 0 Å². The first-order valence-corrected chi connectivity index (χ1v) is 6.42. The molecular formula is C13H17N7. The van der Waals surface area contributed by atoms with E-state index in [2.05, 4.69) is 25.7 Å². The molecule has 0 unspecified atom stereocenters. The number of imidazole rings is 1. The predicted octanol–water partition coefficient (Wildman–Crippen LogP) is 1.43. The molecule has 20 heavy (non-hydrogen) atoms. The lowest BCUT2D eigenvalue weighted by atomic mass is 10.2. The van der Waals surface area contributed by atoms with E-state index < -0.39 is 0 Å². The first kappa shape index (κ1) is 12.5. The van der Waals surface area contributed by atoms with Crippen molar-refractivity contribution in [3.8, 4) is 0 Å². The van der Waals surface area contributed by atoms with E-state index in [1.54, 1.807) is 6.20 Å². The molecule has 3 aromatic heterocycles. The molecule has 7 heteroatoms. The Morgan fingerprint density at radius 1 is 1.35 bits per heavy atom. The maximum atomic E-state index is 4.51. The molecule has 0 fully saturated rings. The number of nitrogens with zero attached hydrogens (tertiary/aromatic N) is 5. The van der Waals surface area contributed by atoms with Gasteiger partial charge in [0.25, 0.3) is 0 Å². The van der Waals surface area contributed by atoms with Gasteiger partial charge in [0.2, 0.25) is 0 Å². The van der Waals surface area contributed by atoms with Gasteiger partial charge in [-0.05, 0) is 6.92 Å². The van der Waals surface area contributed by atoms with E-state index in [1.807, 2.05) is 48.7 Å².